The maximum atomic E-state index is 9.35. The number of piperidine rings is 1. The van der Waals surface area contributed by atoms with E-state index in [2.05, 4.69) is 47.3 Å². The van der Waals surface area contributed by atoms with Crippen molar-refractivity contribution in [2.75, 3.05) is 40.3 Å². The zero-order valence-electron chi connectivity index (χ0n) is 20.4. The molecule has 5 rings (SSSR count). The molecule has 0 N–H and O–H groups in total. The molecule has 1 aromatic carbocycles. The summed E-state index contributed by atoms with van der Waals surface area (Å²) in [5.74, 6) is 2.40. The Bertz CT molecular complexity index is 987. The van der Waals surface area contributed by atoms with E-state index in [0.29, 0.717) is 0 Å². The van der Waals surface area contributed by atoms with E-state index in [1.165, 1.54) is 25.7 Å². The van der Waals surface area contributed by atoms with Crippen molar-refractivity contribution >= 4 is 35.8 Å². The summed E-state index contributed by atoms with van der Waals surface area (Å²) in [6.45, 7) is 4.82. The molecule has 188 valence electrons. The summed E-state index contributed by atoms with van der Waals surface area (Å²) in [6.07, 6.45) is 9.32. The normalized spacial score (nSPS) is 19.9. The molecule has 3 aliphatic rings. The maximum absolute atomic E-state index is 9.35. The fourth-order valence-electron chi connectivity index (χ4n) is 5.02. The van der Waals surface area contributed by atoms with Crippen LogP contribution >= 0.6 is 24.8 Å². The molecule has 0 bridgehead atoms. The van der Waals surface area contributed by atoms with Crippen LogP contribution in [0.4, 0.5) is 0 Å². The smallest absolute Gasteiger partial charge is 0.175 e. The molecule has 6 nitrogen and oxygen atoms in total. The molecule has 1 aliphatic heterocycles. The summed E-state index contributed by atoms with van der Waals surface area (Å²) >= 11 is 0. The number of hydrogen-bond donors (Lipinski definition) is 0. The minimum absolute atomic E-state index is 0. The average Bonchev–Trinajstić information content (AvgIpc) is 3.72. The van der Waals surface area contributed by atoms with Crippen LogP contribution in [-0.4, -0.2) is 55.3 Å². The predicted octanol–water partition coefficient (Wildman–Crippen LogP) is 5.47. The Labute approximate surface area is 215 Å². The molecular formula is C26H38Cl2N4O2. The summed E-state index contributed by atoms with van der Waals surface area (Å²) in [5, 5.41) is 15.0. The lowest BCUT2D eigenvalue weighted by Crippen LogP contribution is -2.37. The van der Waals surface area contributed by atoms with Crippen LogP contribution in [-0.2, 0) is 13.0 Å². The van der Waals surface area contributed by atoms with E-state index >= 15 is 0 Å². The molecule has 0 radical (unpaired) electrons. The van der Waals surface area contributed by atoms with Gasteiger partial charge in [-0.2, -0.15) is 5.26 Å². The first-order chi connectivity index (χ1) is 15.5. The molecule has 1 aromatic heterocycles. The number of fused-ring (bicyclic) bond motifs is 1. The number of nitrogens with zero attached hydrogens (tertiary/aromatic N) is 4. The summed E-state index contributed by atoms with van der Waals surface area (Å²) in [7, 11) is 4.16. The lowest BCUT2D eigenvalue weighted by atomic mass is 9.90. The number of halogens is 2. The van der Waals surface area contributed by atoms with Gasteiger partial charge < -0.3 is 19.1 Å². The Morgan fingerprint density at radius 2 is 1.88 bits per heavy atom. The van der Waals surface area contributed by atoms with Crippen LogP contribution in [0.5, 0.6) is 5.75 Å². The zero-order valence-corrected chi connectivity index (χ0v) is 22.1. The van der Waals surface area contributed by atoms with Crippen LogP contribution < -0.4 is 4.74 Å². The van der Waals surface area contributed by atoms with Gasteiger partial charge in [0.25, 0.3) is 0 Å². The van der Waals surface area contributed by atoms with E-state index < -0.39 is 0 Å². The predicted molar refractivity (Wildman–Crippen MR) is 139 cm³/mol. The van der Waals surface area contributed by atoms with Gasteiger partial charge in [-0.25, -0.2) is 0 Å². The van der Waals surface area contributed by atoms with Crippen molar-refractivity contribution in [3.8, 4) is 11.8 Å². The Morgan fingerprint density at radius 1 is 1.15 bits per heavy atom. The van der Waals surface area contributed by atoms with Gasteiger partial charge in [0.05, 0.1) is 29.3 Å². The van der Waals surface area contributed by atoms with Crippen molar-refractivity contribution in [1.29, 1.82) is 5.26 Å². The molecule has 2 saturated carbocycles. The van der Waals surface area contributed by atoms with Crippen LogP contribution in [0.1, 0.15) is 56.2 Å². The maximum Gasteiger partial charge on any atom is 0.175 e. The number of aromatic nitrogens is 1. The minimum atomic E-state index is -0.0159. The van der Waals surface area contributed by atoms with Gasteiger partial charge in [0.1, 0.15) is 5.75 Å². The number of hydrogen-bond acceptors (Lipinski definition) is 6. The zero-order chi connectivity index (χ0) is 22.1. The van der Waals surface area contributed by atoms with Gasteiger partial charge >= 0.3 is 0 Å². The molecule has 8 heteroatoms. The number of likely N-dealkylation sites (tertiary alicyclic amines) is 1. The fourth-order valence-corrected chi connectivity index (χ4v) is 5.02. The topological polar surface area (TPSA) is 65.5 Å². The first kappa shape index (κ1) is 27.1. The van der Waals surface area contributed by atoms with E-state index in [1.807, 2.05) is 0 Å². The highest BCUT2D eigenvalue weighted by molar-refractivity contribution is 5.86. The molecule has 0 atom stereocenters. The second-order valence-corrected chi connectivity index (χ2v) is 10.7. The van der Waals surface area contributed by atoms with Crippen LogP contribution in [0.25, 0.3) is 11.0 Å². The Balaban J connectivity index is 0.00000162. The standard InChI is InChI=1S/C26H36N4O2.2ClH/c1-29(2)15-22-24(31-16-20-3-4-20)8-6-21-23(28-32-25(21)22)7-5-19-9-13-30(14-10-19)18-26(17-27)11-12-26;;/h6,8,19-20H,3-5,7,9-16,18H2,1-2H3;2*1H. The van der Waals surface area contributed by atoms with E-state index in [-0.39, 0.29) is 30.2 Å². The second kappa shape index (κ2) is 11.5. The number of benzene rings is 1. The molecule has 2 heterocycles. The summed E-state index contributed by atoms with van der Waals surface area (Å²) in [4.78, 5) is 4.67. The van der Waals surface area contributed by atoms with Crippen molar-refractivity contribution in [3.63, 3.8) is 0 Å². The van der Waals surface area contributed by atoms with Crippen LogP contribution in [0.15, 0.2) is 16.7 Å². The quantitative estimate of drug-likeness (QED) is 0.423. The molecule has 0 spiro atoms. The molecule has 0 amide bonds. The number of aryl methyl sites for hydroxylation is 1. The molecule has 0 unspecified atom stereocenters. The fraction of sp³-hybridized carbons (Fsp3) is 0.692. The Morgan fingerprint density at radius 3 is 2.50 bits per heavy atom. The van der Waals surface area contributed by atoms with Crippen molar-refractivity contribution < 1.29 is 9.26 Å². The monoisotopic (exact) mass is 508 g/mol. The van der Waals surface area contributed by atoms with Crippen molar-refractivity contribution in [1.82, 2.24) is 15.0 Å². The van der Waals surface area contributed by atoms with Crippen LogP contribution in [0, 0.1) is 28.6 Å². The van der Waals surface area contributed by atoms with Crippen LogP contribution in [0.3, 0.4) is 0 Å². The third-order valence-electron chi connectivity index (χ3n) is 7.53. The first-order valence-electron chi connectivity index (χ1n) is 12.4. The SMILES string of the molecule is CN(C)Cc1c(OCC2CC2)ccc2c(CCC3CCN(CC4(C#N)CC4)CC3)noc12.Cl.Cl. The van der Waals surface area contributed by atoms with Crippen molar-refractivity contribution in [2.24, 2.45) is 17.3 Å². The van der Waals surface area contributed by atoms with Crippen LogP contribution in [0.2, 0.25) is 0 Å². The molecule has 2 aliphatic carbocycles. The van der Waals surface area contributed by atoms with Crippen molar-refractivity contribution in [3.05, 3.63) is 23.4 Å². The summed E-state index contributed by atoms with van der Waals surface area (Å²) in [5.41, 5.74) is 3.07. The number of nitriles is 1. The van der Waals surface area contributed by atoms with Gasteiger partial charge in [-0.3, -0.25) is 0 Å². The highest BCUT2D eigenvalue weighted by atomic mass is 35.5. The molecule has 2 aromatic rings. The highest BCUT2D eigenvalue weighted by Crippen LogP contribution is 2.46. The third kappa shape index (κ3) is 6.37. The molecule has 1 saturated heterocycles. The Kier molecular flexibility index (Phi) is 9.14. The summed E-state index contributed by atoms with van der Waals surface area (Å²) < 4.78 is 12.0. The largest absolute Gasteiger partial charge is 0.493 e. The number of ether oxygens (including phenoxy) is 1. The first-order valence-corrected chi connectivity index (χ1v) is 12.4. The van der Waals surface area contributed by atoms with Gasteiger partial charge in [0.2, 0.25) is 0 Å². The average molecular weight is 510 g/mol. The van der Waals surface area contributed by atoms with E-state index in [0.717, 1.165) is 98.3 Å². The van der Waals surface area contributed by atoms with Gasteiger partial charge in [-0.15, -0.1) is 24.8 Å². The van der Waals surface area contributed by atoms with Crippen molar-refractivity contribution in [2.45, 2.75) is 57.9 Å². The molecule has 34 heavy (non-hydrogen) atoms. The van der Waals surface area contributed by atoms with Gasteiger partial charge in [-0.1, -0.05) is 5.16 Å². The van der Waals surface area contributed by atoms with Gasteiger partial charge in [0.15, 0.2) is 5.58 Å². The lowest BCUT2D eigenvalue weighted by Gasteiger charge is -2.33. The minimum Gasteiger partial charge on any atom is -0.493 e. The van der Waals surface area contributed by atoms with E-state index in [9.17, 15) is 5.26 Å². The number of rotatable bonds is 10. The van der Waals surface area contributed by atoms with Gasteiger partial charge in [-0.05, 0) is 103 Å². The second-order valence-electron chi connectivity index (χ2n) is 10.7. The lowest BCUT2D eigenvalue weighted by molar-refractivity contribution is 0.162. The Hall–Kier alpha value is -1.52. The third-order valence-corrected chi connectivity index (χ3v) is 7.53. The van der Waals surface area contributed by atoms with Gasteiger partial charge in [0, 0.05) is 18.5 Å². The molecule has 3 fully saturated rings. The molecular weight excluding hydrogens is 471 g/mol. The summed E-state index contributed by atoms with van der Waals surface area (Å²) in [6, 6.07) is 6.79. The highest BCUT2D eigenvalue weighted by Gasteiger charge is 2.44. The van der Waals surface area contributed by atoms with E-state index in [1.54, 1.807) is 0 Å². The van der Waals surface area contributed by atoms with E-state index in [4.69, 9.17) is 9.26 Å².